The lowest BCUT2D eigenvalue weighted by atomic mass is 10.1. The molecular formula is C19H24N2O3S. The van der Waals surface area contributed by atoms with E-state index in [1.807, 2.05) is 50.2 Å². The molecule has 0 atom stereocenters. The van der Waals surface area contributed by atoms with Crippen molar-refractivity contribution in [2.75, 3.05) is 23.7 Å². The van der Waals surface area contributed by atoms with Crippen LogP contribution in [0, 0.1) is 13.8 Å². The number of anilines is 1. The Labute approximate surface area is 149 Å². The van der Waals surface area contributed by atoms with Crippen LogP contribution in [0.25, 0.3) is 0 Å². The van der Waals surface area contributed by atoms with E-state index < -0.39 is 10.0 Å². The maximum absolute atomic E-state index is 12.0. The van der Waals surface area contributed by atoms with Crippen LogP contribution in [-0.2, 0) is 21.2 Å². The van der Waals surface area contributed by atoms with E-state index in [1.54, 1.807) is 12.1 Å². The molecule has 0 unspecified atom stereocenters. The Balaban J connectivity index is 1.93. The first-order valence-corrected chi connectivity index (χ1v) is 9.97. The smallest absolute Gasteiger partial charge is 0.232 e. The highest BCUT2D eigenvalue weighted by atomic mass is 32.2. The van der Waals surface area contributed by atoms with Crippen molar-refractivity contribution in [1.82, 2.24) is 5.32 Å². The van der Waals surface area contributed by atoms with Crippen molar-refractivity contribution in [3.63, 3.8) is 0 Å². The van der Waals surface area contributed by atoms with Gasteiger partial charge in [-0.3, -0.25) is 9.10 Å². The summed E-state index contributed by atoms with van der Waals surface area (Å²) in [6, 6.07) is 15.0. The van der Waals surface area contributed by atoms with Crippen molar-refractivity contribution in [3.8, 4) is 0 Å². The van der Waals surface area contributed by atoms with Crippen molar-refractivity contribution in [1.29, 1.82) is 0 Å². The van der Waals surface area contributed by atoms with Crippen LogP contribution in [0.3, 0.4) is 0 Å². The van der Waals surface area contributed by atoms with Gasteiger partial charge in [-0.25, -0.2) is 8.42 Å². The van der Waals surface area contributed by atoms with Gasteiger partial charge in [0.25, 0.3) is 0 Å². The number of benzene rings is 2. The molecule has 0 radical (unpaired) electrons. The van der Waals surface area contributed by atoms with Crippen molar-refractivity contribution in [3.05, 3.63) is 65.2 Å². The van der Waals surface area contributed by atoms with Crippen LogP contribution >= 0.6 is 0 Å². The van der Waals surface area contributed by atoms with Gasteiger partial charge in [0.1, 0.15) is 0 Å². The van der Waals surface area contributed by atoms with Crippen LogP contribution in [0.4, 0.5) is 5.69 Å². The fourth-order valence-corrected chi connectivity index (χ4v) is 3.38. The molecule has 2 aromatic rings. The van der Waals surface area contributed by atoms with E-state index in [0.29, 0.717) is 5.69 Å². The van der Waals surface area contributed by atoms with E-state index >= 15 is 0 Å². The van der Waals surface area contributed by atoms with Gasteiger partial charge in [0.2, 0.25) is 15.9 Å². The molecule has 0 aromatic heterocycles. The summed E-state index contributed by atoms with van der Waals surface area (Å²) >= 11 is 0. The van der Waals surface area contributed by atoms with Crippen LogP contribution in [0.5, 0.6) is 0 Å². The molecule has 0 saturated heterocycles. The predicted octanol–water partition coefficient (Wildman–Crippen LogP) is 2.43. The van der Waals surface area contributed by atoms with Gasteiger partial charge in [-0.15, -0.1) is 0 Å². The third-order valence-corrected chi connectivity index (χ3v) is 5.04. The van der Waals surface area contributed by atoms with Gasteiger partial charge in [-0.05, 0) is 31.5 Å². The summed E-state index contributed by atoms with van der Waals surface area (Å²) in [5.41, 5.74) is 3.73. The molecule has 0 spiro atoms. The van der Waals surface area contributed by atoms with E-state index in [4.69, 9.17) is 0 Å². The first-order valence-electron chi connectivity index (χ1n) is 8.12. The minimum atomic E-state index is -3.41. The summed E-state index contributed by atoms with van der Waals surface area (Å²) in [6.07, 6.45) is 1.45. The molecule has 0 aliphatic heterocycles. The Morgan fingerprint density at radius 3 is 2.00 bits per heavy atom. The lowest BCUT2D eigenvalue weighted by Gasteiger charge is -2.22. The molecular weight excluding hydrogens is 336 g/mol. The van der Waals surface area contributed by atoms with Gasteiger partial charge in [0.05, 0.1) is 24.9 Å². The zero-order valence-corrected chi connectivity index (χ0v) is 15.6. The molecule has 25 heavy (non-hydrogen) atoms. The van der Waals surface area contributed by atoms with Crippen molar-refractivity contribution >= 4 is 21.6 Å². The van der Waals surface area contributed by atoms with Crippen molar-refractivity contribution in [2.45, 2.75) is 20.3 Å². The summed E-state index contributed by atoms with van der Waals surface area (Å²) < 4.78 is 25.4. The van der Waals surface area contributed by atoms with Crippen molar-refractivity contribution in [2.24, 2.45) is 0 Å². The molecule has 134 valence electrons. The number of nitrogens with one attached hydrogen (secondary N) is 1. The second-order valence-electron chi connectivity index (χ2n) is 6.18. The predicted molar refractivity (Wildman–Crippen MR) is 101 cm³/mol. The highest BCUT2D eigenvalue weighted by Gasteiger charge is 2.17. The number of carbonyl (C=O) groups excluding carboxylic acids is 1. The van der Waals surface area contributed by atoms with Gasteiger partial charge < -0.3 is 5.32 Å². The van der Waals surface area contributed by atoms with Crippen LogP contribution < -0.4 is 9.62 Å². The number of hydrogen-bond acceptors (Lipinski definition) is 3. The highest BCUT2D eigenvalue weighted by Crippen LogP contribution is 2.17. The second kappa shape index (κ2) is 8.16. The van der Waals surface area contributed by atoms with Gasteiger partial charge in [0.15, 0.2) is 0 Å². The van der Waals surface area contributed by atoms with E-state index in [0.717, 1.165) is 16.7 Å². The van der Waals surface area contributed by atoms with Gasteiger partial charge >= 0.3 is 0 Å². The van der Waals surface area contributed by atoms with Gasteiger partial charge in [-0.2, -0.15) is 0 Å². The van der Waals surface area contributed by atoms with E-state index in [2.05, 4.69) is 5.32 Å². The topological polar surface area (TPSA) is 66.5 Å². The lowest BCUT2D eigenvalue weighted by Crippen LogP contribution is -2.38. The quantitative estimate of drug-likeness (QED) is 0.825. The Morgan fingerprint density at radius 2 is 1.48 bits per heavy atom. The average Bonchev–Trinajstić information content (AvgIpc) is 2.54. The monoisotopic (exact) mass is 360 g/mol. The zero-order chi connectivity index (χ0) is 18.4. The Hall–Kier alpha value is -2.34. The maximum atomic E-state index is 12.0. The summed E-state index contributed by atoms with van der Waals surface area (Å²) in [6.45, 7) is 4.39. The molecule has 6 heteroatoms. The van der Waals surface area contributed by atoms with Crippen LogP contribution in [0.1, 0.15) is 16.7 Å². The summed E-state index contributed by atoms with van der Waals surface area (Å²) in [5, 5.41) is 2.78. The highest BCUT2D eigenvalue weighted by molar-refractivity contribution is 7.92. The number of sulfonamides is 1. The third kappa shape index (κ3) is 5.90. The van der Waals surface area contributed by atoms with Crippen LogP contribution in [0.15, 0.2) is 48.5 Å². The maximum Gasteiger partial charge on any atom is 0.232 e. The molecule has 1 amide bonds. The fraction of sp³-hybridized carbons (Fsp3) is 0.316. The molecule has 2 rings (SSSR count). The molecule has 0 bridgehead atoms. The Morgan fingerprint density at radius 1 is 0.960 bits per heavy atom. The first kappa shape index (κ1) is 19.0. The second-order valence-corrected chi connectivity index (χ2v) is 8.09. The van der Waals surface area contributed by atoms with E-state index in [1.165, 1.54) is 10.6 Å². The van der Waals surface area contributed by atoms with Crippen LogP contribution in [0.2, 0.25) is 0 Å². The number of carbonyl (C=O) groups is 1. The van der Waals surface area contributed by atoms with E-state index in [-0.39, 0.29) is 25.4 Å². The number of rotatable bonds is 7. The normalized spacial score (nSPS) is 11.2. The van der Waals surface area contributed by atoms with Gasteiger partial charge in [0, 0.05) is 6.54 Å². The SMILES string of the molecule is Cc1ccc(CC(=O)NCCN(c2ccc(C)cc2)S(C)(=O)=O)cc1. The molecule has 0 aliphatic carbocycles. The standard InChI is InChI=1S/C19H24N2O3S/c1-15-4-8-17(9-5-15)14-19(22)20-12-13-21(25(3,23)24)18-10-6-16(2)7-11-18/h4-11H,12-14H2,1-3H3,(H,20,22). The molecule has 1 N–H and O–H groups in total. The Bertz CT molecular complexity index is 813. The third-order valence-electron chi connectivity index (χ3n) is 3.84. The van der Waals surface area contributed by atoms with Gasteiger partial charge in [-0.1, -0.05) is 47.5 Å². The Kier molecular flexibility index (Phi) is 6.20. The number of aryl methyl sites for hydroxylation is 2. The summed E-state index contributed by atoms with van der Waals surface area (Å²) in [4.78, 5) is 12.0. The minimum Gasteiger partial charge on any atom is -0.354 e. The first-order chi connectivity index (χ1) is 11.8. The molecule has 0 aliphatic rings. The number of hydrogen-bond donors (Lipinski definition) is 1. The minimum absolute atomic E-state index is 0.124. The largest absolute Gasteiger partial charge is 0.354 e. The molecule has 5 nitrogen and oxygen atoms in total. The average molecular weight is 360 g/mol. The fourth-order valence-electron chi connectivity index (χ4n) is 2.45. The molecule has 0 saturated carbocycles. The summed E-state index contributed by atoms with van der Waals surface area (Å²) in [7, 11) is -3.41. The number of nitrogens with zero attached hydrogens (tertiary/aromatic N) is 1. The number of amides is 1. The molecule has 0 heterocycles. The van der Waals surface area contributed by atoms with Crippen LogP contribution in [-0.4, -0.2) is 33.7 Å². The lowest BCUT2D eigenvalue weighted by molar-refractivity contribution is -0.120. The van der Waals surface area contributed by atoms with Crippen molar-refractivity contribution < 1.29 is 13.2 Å². The van der Waals surface area contributed by atoms with E-state index in [9.17, 15) is 13.2 Å². The molecule has 0 fully saturated rings. The molecule has 2 aromatic carbocycles. The summed E-state index contributed by atoms with van der Waals surface area (Å²) in [5.74, 6) is -0.124. The zero-order valence-electron chi connectivity index (χ0n) is 14.8.